The minimum atomic E-state index is -3.73. The van der Waals surface area contributed by atoms with Crippen LogP contribution in [0.25, 0.3) is 0 Å². The first-order valence-electron chi connectivity index (χ1n) is 5.38. The molecule has 0 fully saturated rings. The van der Waals surface area contributed by atoms with Crippen molar-refractivity contribution in [3.8, 4) is 0 Å². The highest BCUT2D eigenvalue weighted by Gasteiger charge is 2.20. The van der Waals surface area contributed by atoms with E-state index >= 15 is 0 Å². The van der Waals surface area contributed by atoms with E-state index in [2.05, 4.69) is 14.8 Å². The van der Waals surface area contributed by atoms with E-state index in [1.54, 1.807) is 0 Å². The average Bonchev–Trinajstić information content (AvgIpc) is 2.84. The van der Waals surface area contributed by atoms with Crippen LogP contribution in [0.3, 0.4) is 0 Å². The van der Waals surface area contributed by atoms with Gasteiger partial charge in [-0.25, -0.2) is 17.9 Å². The van der Waals surface area contributed by atoms with Crippen LogP contribution < -0.4 is 10.0 Å². The first-order valence-corrected chi connectivity index (χ1v) is 6.86. The van der Waals surface area contributed by atoms with Crippen molar-refractivity contribution >= 4 is 16.0 Å². The quantitative estimate of drug-likeness (QED) is 0.535. The normalized spacial score (nSPS) is 11.4. The zero-order chi connectivity index (χ0) is 13.6. The summed E-state index contributed by atoms with van der Waals surface area (Å²) in [6, 6.07) is 1.13. The lowest BCUT2D eigenvalue weighted by Gasteiger charge is -2.03. The van der Waals surface area contributed by atoms with Crippen molar-refractivity contribution in [2.75, 3.05) is 26.7 Å². The minimum absolute atomic E-state index is 0.0598. The molecule has 0 unspecified atom stereocenters. The lowest BCUT2D eigenvalue weighted by Crippen LogP contribution is -2.31. The first-order chi connectivity index (χ1) is 8.51. The highest BCUT2D eigenvalue weighted by atomic mass is 32.2. The molecule has 0 atom stereocenters. The molecule has 1 rings (SSSR count). The van der Waals surface area contributed by atoms with Crippen molar-refractivity contribution in [1.29, 1.82) is 0 Å². The number of furan rings is 1. The third-order valence-corrected chi connectivity index (χ3v) is 3.43. The lowest BCUT2D eigenvalue weighted by molar-refractivity contribution is 0.0600. The zero-order valence-corrected chi connectivity index (χ0v) is 11.0. The molecule has 7 nitrogen and oxygen atoms in total. The van der Waals surface area contributed by atoms with E-state index in [0.29, 0.717) is 6.54 Å². The highest BCUT2D eigenvalue weighted by Crippen LogP contribution is 2.14. The summed E-state index contributed by atoms with van der Waals surface area (Å²) in [7, 11) is -2.52. The van der Waals surface area contributed by atoms with Crippen LogP contribution in [0.15, 0.2) is 21.8 Å². The van der Waals surface area contributed by atoms with Gasteiger partial charge in [0.2, 0.25) is 5.09 Å². The van der Waals surface area contributed by atoms with Crippen LogP contribution in [0.2, 0.25) is 0 Å². The Morgan fingerprint density at radius 2 is 2.17 bits per heavy atom. The van der Waals surface area contributed by atoms with E-state index < -0.39 is 16.0 Å². The van der Waals surface area contributed by atoms with Gasteiger partial charge in [-0.3, -0.25) is 0 Å². The van der Waals surface area contributed by atoms with Gasteiger partial charge in [-0.2, -0.15) is 0 Å². The van der Waals surface area contributed by atoms with Crippen molar-refractivity contribution in [1.82, 2.24) is 10.0 Å². The molecular formula is C10H16N2O5S. The number of carbonyl (C=O) groups is 1. The molecule has 102 valence electrons. The van der Waals surface area contributed by atoms with E-state index in [1.165, 1.54) is 7.11 Å². The molecule has 1 aromatic rings. The number of nitrogens with one attached hydrogen (secondary N) is 2. The Morgan fingerprint density at radius 1 is 1.44 bits per heavy atom. The monoisotopic (exact) mass is 276 g/mol. The number of carbonyl (C=O) groups excluding carboxylic acids is 1. The number of rotatable bonds is 7. The van der Waals surface area contributed by atoms with Gasteiger partial charge >= 0.3 is 5.97 Å². The van der Waals surface area contributed by atoms with Gasteiger partial charge in [0.15, 0.2) is 0 Å². The topological polar surface area (TPSA) is 97.6 Å². The molecule has 0 spiro atoms. The summed E-state index contributed by atoms with van der Waals surface area (Å²) in [5.41, 5.74) is 0.0598. The van der Waals surface area contributed by atoms with E-state index in [-0.39, 0.29) is 17.2 Å². The van der Waals surface area contributed by atoms with Gasteiger partial charge in [-0.1, -0.05) is 6.92 Å². The van der Waals surface area contributed by atoms with Crippen LogP contribution in [0, 0.1) is 0 Å². The molecule has 0 radical (unpaired) electrons. The fourth-order valence-corrected chi connectivity index (χ4v) is 2.17. The second kappa shape index (κ2) is 6.53. The van der Waals surface area contributed by atoms with Crippen LogP contribution in [0.1, 0.15) is 17.3 Å². The van der Waals surface area contributed by atoms with Crippen LogP contribution in [0.4, 0.5) is 0 Å². The second-order valence-corrected chi connectivity index (χ2v) is 5.10. The smallest absolute Gasteiger partial charge is 0.341 e. The number of hydrogen-bond acceptors (Lipinski definition) is 6. The second-order valence-electron chi connectivity index (χ2n) is 3.40. The van der Waals surface area contributed by atoms with Crippen LogP contribution >= 0.6 is 0 Å². The number of esters is 1. The summed E-state index contributed by atoms with van der Waals surface area (Å²) in [5, 5.41) is 2.67. The van der Waals surface area contributed by atoms with E-state index in [0.717, 1.165) is 18.9 Å². The summed E-state index contributed by atoms with van der Waals surface area (Å²) < 4.78 is 35.1. The maximum atomic E-state index is 11.7. The third-order valence-electron chi connectivity index (χ3n) is 2.11. The molecule has 1 heterocycles. The Kier molecular flexibility index (Phi) is 5.32. The predicted molar refractivity (Wildman–Crippen MR) is 63.8 cm³/mol. The molecule has 1 aromatic heterocycles. The summed E-state index contributed by atoms with van der Waals surface area (Å²) in [4.78, 5) is 11.1. The summed E-state index contributed by atoms with van der Waals surface area (Å²) in [5.74, 6) is -0.646. The minimum Gasteiger partial charge on any atom is -0.465 e. The van der Waals surface area contributed by atoms with E-state index in [4.69, 9.17) is 4.42 Å². The third kappa shape index (κ3) is 3.83. The molecule has 0 aliphatic carbocycles. The van der Waals surface area contributed by atoms with Gasteiger partial charge < -0.3 is 14.5 Å². The first kappa shape index (κ1) is 14.7. The van der Waals surface area contributed by atoms with Crippen molar-refractivity contribution in [3.63, 3.8) is 0 Å². The molecule has 18 heavy (non-hydrogen) atoms. The average molecular weight is 276 g/mol. The fraction of sp³-hybridized carbons (Fsp3) is 0.500. The van der Waals surface area contributed by atoms with Crippen molar-refractivity contribution in [3.05, 3.63) is 17.9 Å². The molecular weight excluding hydrogens is 260 g/mol. The Balaban J connectivity index is 2.67. The fourth-order valence-electron chi connectivity index (χ4n) is 1.20. The Hall–Kier alpha value is -1.38. The lowest BCUT2D eigenvalue weighted by atomic mass is 10.3. The molecule has 0 aromatic carbocycles. The predicted octanol–water partition coefficient (Wildman–Crippen LogP) is -0.0460. The van der Waals surface area contributed by atoms with E-state index in [1.807, 2.05) is 6.92 Å². The Morgan fingerprint density at radius 3 is 2.78 bits per heavy atom. The number of methoxy groups -OCH3 is 1. The van der Waals surface area contributed by atoms with Crippen molar-refractivity contribution < 1.29 is 22.4 Å². The van der Waals surface area contributed by atoms with Gasteiger partial charge in [-0.05, 0) is 6.54 Å². The Bertz CT molecular complexity index is 494. The van der Waals surface area contributed by atoms with E-state index in [9.17, 15) is 13.2 Å². The molecule has 8 heteroatoms. The van der Waals surface area contributed by atoms with Gasteiger partial charge in [0.05, 0.1) is 12.7 Å². The molecule has 0 amide bonds. The summed E-state index contributed by atoms with van der Waals surface area (Å²) in [6.45, 7) is 3.43. The van der Waals surface area contributed by atoms with Crippen LogP contribution in [-0.2, 0) is 14.8 Å². The standard InChI is InChI=1S/C10H16N2O5S/c1-3-11-4-5-12-18(14,15)9-6-8(7-17-9)10(13)16-2/h6-7,11-12H,3-5H2,1-2H3. The van der Waals surface area contributed by atoms with Crippen molar-refractivity contribution in [2.45, 2.75) is 12.0 Å². The SMILES string of the molecule is CCNCCNS(=O)(=O)c1cc(C(=O)OC)co1. The molecule has 2 N–H and O–H groups in total. The zero-order valence-electron chi connectivity index (χ0n) is 10.2. The maximum Gasteiger partial charge on any atom is 0.341 e. The molecule has 0 aliphatic rings. The maximum absolute atomic E-state index is 11.7. The van der Waals surface area contributed by atoms with Crippen molar-refractivity contribution in [2.24, 2.45) is 0 Å². The molecule has 0 aliphatic heterocycles. The summed E-state index contributed by atoms with van der Waals surface area (Å²) >= 11 is 0. The van der Waals surface area contributed by atoms with Gasteiger partial charge in [0.1, 0.15) is 6.26 Å². The van der Waals surface area contributed by atoms with Gasteiger partial charge in [-0.15, -0.1) is 0 Å². The number of hydrogen-bond donors (Lipinski definition) is 2. The van der Waals surface area contributed by atoms with Crippen LogP contribution in [-0.4, -0.2) is 41.1 Å². The molecule has 0 bridgehead atoms. The van der Waals surface area contributed by atoms with Crippen LogP contribution in [0.5, 0.6) is 0 Å². The van der Waals surface area contributed by atoms with Gasteiger partial charge in [0.25, 0.3) is 10.0 Å². The molecule has 0 saturated carbocycles. The highest BCUT2D eigenvalue weighted by molar-refractivity contribution is 7.89. The number of sulfonamides is 1. The van der Waals surface area contributed by atoms with Gasteiger partial charge in [0, 0.05) is 19.2 Å². The summed E-state index contributed by atoms with van der Waals surface area (Å²) in [6.07, 6.45) is 1.05. The number of ether oxygens (including phenoxy) is 1. The number of likely N-dealkylation sites (N-methyl/N-ethyl adjacent to an activating group) is 1. The Labute approximate surface area is 106 Å². The molecule has 0 saturated heterocycles. The largest absolute Gasteiger partial charge is 0.465 e.